The largest absolute Gasteiger partial charge is 0.507 e. The third kappa shape index (κ3) is 2.62. The van der Waals surface area contributed by atoms with Crippen LogP contribution in [0.3, 0.4) is 0 Å². The predicted molar refractivity (Wildman–Crippen MR) is 76.3 cm³/mol. The summed E-state index contributed by atoms with van der Waals surface area (Å²) in [6, 6.07) is 13.9. The van der Waals surface area contributed by atoms with Gasteiger partial charge in [0.1, 0.15) is 11.8 Å². The fourth-order valence-corrected chi connectivity index (χ4v) is 1.87. The van der Waals surface area contributed by atoms with Gasteiger partial charge in [-0.15, -0.1) is 0 Å². The number of aromatic hydroxyl groups is 1. The van der Waals surface area contributed by atoms with Crippen LogP contribution in [0.2, 0.25) is 0 Å². The van der Waals surface area contributed by atoms with Gasteiger partial charge < -0.3 is 10.0 Å². The van der Waals surface area contributed by atoms with Gasteiger partial charge in [0.25, 0.3) is 5.91 Å². The van der Waals surface area contributed by atoms with E-state index in [4.69, 9.17) is 5.26 Å². The molecule has 2 rings (SSSR count). The van der Waals surface area contributed by atoms with Crippen LogP contribution in [-0.4, -0.2) is 30.0 Å². The summed E-state index contributed by atoms with van der Waals surface area (Å²) in [4.78, 5) is 13.3. The van der Waals surface area contributed by atoms with E-state index in [1.807, 2.05) is 18.2 Å². The number of benzene rings is 2. The topological polar surface area (TPSA) is 64.3 Å². The van der Waals surface area contributed by atoms with Crippen molar-refractivity contribution in [1.29, 1.82) is 5.26 Å². The van der Waals surface area contributed by atoms with Crippen molar-refractivity contribution in [1.82, 2.24) is 4.90 Å². The van der Waals surface area contributed by atoms with Crippen molar-refractivity contribution >= 4 is 5.91 Å². The Balaban J connectivity index is 2.36. The number of nitriles is 1. The highest BCUT2D eigenvalue weighted by atomic mass is 16.3. The summed E-state index contributed by atoms with van der Waals surface area (Å²) in [5.41, 5.74) is 2.55. The van der Waals surface area contributed by atoms with Crippen LogP contribution in [-0.2, 0) is 0 Å². The second-order valence-corrected chi connectivity index (χ2v) is 4.62. The van der Waals surface area contributed by atoms with Crippen LogP contribution in [0.1, 0.15) is 15.9 Å². The molecule has 0 aliphatic heterocycles. The summed E-state index contributed by atoms with van der Waals surface area (Å²) < 4.78 is 0. The highest BCUT2D eigenvalue weighted by molar-refractivity contribution is 5.94. The Kier molecular flexibility index (Phi) is 3.72. The molecule has 0 spiro atoms. The number of rotatable bonds is 2. The normalized spacial score (nSPS) is 9.85. The van der Waals surface area contributed by atoms with Gasteiger partial charge in [-0.05, 0) is 35.4 Å². The Hall–Kier alpha value is -2.80. The van der Waals surface area contributed by atoms with E-state index >= 15 is 0 Å². The smallest absolute Gasteiger partial charge is 0.253 e. The zero-order valence-electron chi connectivity index (χ0n) is 11.3. The molecule has 0 unspecified atom stereocenters. The fraction of sp³-hybridized carbons (Fsp3) is 0.125. The Morgan fingerprint density at radius 3 is 2.25 bits per heavy atom. The summed E-state index contributed by atoms with van der Waals surface area (Å²) in [6.07, 6.45) is 0. The lowest BCUT2D eigenvalue weighted by Gasteiger charge is -2.10. The maximum absolute atomic E-state index is 11.8. The molecular formula is C16H14N2O2. The van der Waals surface area contributed by atoms with Gasteiger partial charge in [0.2, 0.25) is 0 Å². The molecule has 0 aromatic heterocycles. The first-order chi connectivity index (χ1) is 9.52. The number of carbonyl (C=O) groups is 1. The molecule has 4 heteroatoms. The van der Waals surface area contributed by atoms with Crippen molar-refractivity contribution in [2.75, 3.05) is 14.1 Å². The van der Waals surface area contributed by atoms with Crippen LogP contribution in [0.5, 0.6) is 5.75 Å². The molecule has 0 aliphatic rings. The van der Waals surface area contributed by atoms with Gasteiger partial charge in [-0.1, -0.05) is 18.2 Å². The molecule has 0 radical (unpaired) electrons. The van der Waals surface area contributed by atoms with Crippen molar-refractivity contribution in [2.24, 2.45) is 0 Å². The van der Waals surface area contributed by atoms with Gasteiger partial charge in [-0.3, -0.25) is 4.79 Å². The van der Waals surface area contributed by atoms with E-state index in [1.165, 1.54) is 11.0 Å². The summed E-state index contributed by atoms with van der Waals surface area (Å²) in [5.74, 6) is -0.0874. The molecule has 0 saturated carbocycles. The first-order valence-corrected chi connectivity index (χ1v) is 6.08. The highest BCUT2D eigenvalue weighted by Crippen LogP contribution is 2.25. The quantitative estimate of drug-likeness (QED) is 0.908. The molecule has 1 N–H and O–H groups in total. The number of hydrogen-bond donors (Lipinski definition) is 1. The Morgan fingerprint density at radius 2 is 1.70 bits per heavy atom. The predicted octanol–water partition coefficient (Wildman–Crippen LogP) is 2.63. The zero-order chi connectivity index (χ0) is 14.7. The van der Waals surface area contributed by atoms with E-state index in [2.05, 4.69) is 0 Å². The molecule has 20 heavy (non-hydrogen) atoms. The molecule has 4 nitrogen and oxygen atoms in total. The lowest BCUT2D eigenvalue weighted by Crippen LogP contribution is -2.21. The summed E-state index contributed by atoms with van der Waals surface area (Å²) in [7, 11) is 3.41. The number of phenols is 1. The average Bonchev–Trinajstić information content (AvgIpc) is 2.47. The third-order valence-corrected chi connectivity index (χ3v) is 2.99. The molecule has 0 heterocycles. The summed E-state index contributed by atoms with van der Waals surface area (Å²) in [6.45, 7) is 0. The Bertz CT molecular complexity index is 683. The number of hydrogen-bond acceptors (Lipinski definition) is 3. The average molecular weight is 266 g/mol. The van der Waals surface area contributed by atoms with E-state index in [9.17, 15) is 9.90 Å². The minimum absolute atomic E-state index is 0.0318. The molecule has 1 amide bonds. The SMILES string of the molecule is CN(C)C(=O)c1ccc(-c2ccc(O)c(C#N)c2)cc1. The van der Waals surface area contributed by atoms with Gasteiger partial charge >= 0.3 is 0 Å². The van der Waals surface area contributed by atoms with Crippen molar-refractivity contribution < 1.29 is 9.90 Å². The van der Waals surface area contributed by atoms with Crippen molar-refractivity contribution in [3.05, 3.63) is 53.6 Å². The van der Waals surface area contributed by atoms with E-state index in [0.717, 1.165) is 11.1 Å². The lowest BCUT2D eigenvalue weighted by molar-refractivity contribution is 0.0827. The Morgan fingerprint density at radius 1 is 1.10 bits per heavy atom. The number of phenolic OH excluding ortho intramolecular Hbond substituents is 1. The van der Waals surface area contributed by atoms with Crippen LogP contribution in [0, 0.1) is 11.3 Å². The van der Waals surface area contributed by atoms with E-state index in [1.54, 1.807) is 38.4 Å². The molecule has 0 bridgehead atoms. The molecule has 0 atom stereocenters. The molecular weight excluding hydrogens is 252 g/mol. The number of carbonyl (C=O) groups excluding carboxylic acids is 1. The highest BCUT2D eigenvalue weighted by Gasteiger charge is 2.08. The maximum Gasteiger partial charge on any atom is 0.253 e. The van der Waals surface area contributed by atoms with Crippen LogP contribution in [0.4, 0.5) is 0 Å². The van der Waals surface area contributed by atoms with Crippen LogP contribution < -0.4 is 0 Å². The Labute approximate surface area is 117 Å². The minimum atomic E-state index is -0.0556. The zero-order valence-corrected chi connectivity index (χ0v) is 11.3. The van der Waals surface area contributed by atoms with Crippen molar-refractivity contribution in [3.63, 3.8) is 0 Å². The number of amides is 1. The van der Waals surface area contributed by atoms with E-state index in [0.29, 0.717) is 5.56 Å². The fourth-order valence-electron chi connectivity index (χ4n) is 1.87. The summed E-state index contributed by atoms with van der Waals surface area (Å²) in [5, 5.41) is 18.4. The van der Waals surface area contributed by atoms with Crippen LogP contribution >= 0.6 is 0 Å². The molecule has 0 saturated heterocycles. The van der Waals surface area contributed by atoms with Gasteiger partial charge in [0.05, 0.1) is 5.56 Å². The van der Waals surface area contributed by atoms with Crippen LogP contribution in [0.15, 0.2) is 42.5 Å². The third-order valence-electron chi connectivity index (χ3n) is 2.99. The first kappa shape index (κ1) is 13.6. The van der Waals surface area contributed by atoms with Gasteiger partial charge in [0, 0.05) is 19.7 Å². The molecule has 0 fully saturated rings. The molecule has 100 valence electrons. The van der Waals surface area contributed by atoms with Crippen LogP contribution in [0.25, 0.3) is 11.1 Å². The first-order valence-electron chi connectivity index (χ1n) is 6.08. The standard InChI is InChI=1S/C16H14N2O2/c1-18(2)16(20)12-5-3-11(4-6-12)13-7-8-15(19)14(9-13)10-17/h3-9,19H,1-2H3. The van der Waals surface area contributed by atoms with Gasteiger partial charge in [-0.25, -0.2) is 0 Å². The second-order valence-electron chi connectivity index (χ2n) is 4.62. The minimum Gasteiger partial charge on any atom is -0.507 e. The van der Waals surface area contributed by atoms with Gasteiger partial charge in [-0.2, -0.15) is 5.26 Å². The van der Waals surface area contributed by atoms with Crippen molar-refractivity contribution in [2.45, 2.75) is 0 Å². The van der Waals surface area contributed by atoms with Crippen molar-refractivity contribution in [3.8, 4) is 22.9 Å². The summed E-state index contributed by atoms with van der Waals surface area (Å²) >= 11 is 0. The monoisotopic (exact) mass is 266 g/mol. The maximum atomic E-state index is 11.8. The van der Waals surface area contributed by atoms with Gasteiger partial charge in [0.15, 0.2) is 0 Å². The molecule has 2 aromatic carbocycles. The second kappa shape index (κ2) is 5.45. The van der Waals surface area contributed by atoms with E-state index in [-0.39, 0.29) is 17.2 Å². The molecule has 0 aliphatic carbocycles. The van der Waals surface area contributed by atoms with E-state index < -0.39 is 0 Å². The number of nitrogens with zero attached hydrogens (tertiary/aromatic N) is 2. The molecule has 2 aromatic rings. The lowest BCUT2D eigenvalue weighted by atomic mass is 10.0.